The first-order chi connectivity index (χ1) is 8.54. The molecule has 2 rings (SSSR count). The summed E-state index contributed by atoms with van der Waals surface area (Å²) in [5.74, 6) is 1.00. The van der Waals surface area contributed by atoms with E-state index in [2.05, 4.69) is 57.9 Å². The second-order valence-electron chi connectivity index (χ2n) is 4.58. The average molecular weight is 308 g/mol. The minimum atomic E-state index is 0.763. The SMILES string of the molecule is CNCc1nc(-c2ccc(C)cc2C)n(C)c1Br. The summed E-state index contributed by atoms with van der Waals surface area (Å²) in [5.41, 5.74) is 4.76. The van der Waals surface area contributed by atoms with Crippen LogP contribution in [-0.2, 0) is 13.6 Å². The third-order valence-corrected chi connectivity index (χ3v) is 4.05. The van der Waals surface area contributed by atoms with Crippen molar-refractivity contribution in [2.75, 3.05) is 7.05 Å². The number of imidazole rings is 1. The molecule has 0 aliphatic rings. The molecule has 1 N–H and O–H groups in total. The molecule has 4 heteroatoms. The topological polar surface area (TPSA) is 29.9 Å². The summed E-state index contributed by atoms with van der Waals surface area (Å²) in [6.07, 6.45) is 0. The van der Waals surface area contributed by atoms with E-state index in [0.29, 0.717) is 0 Å². The smallest absolute Gasteiger partial charge is 0.141 e. The fraction of sp³-hybridized carbons (Fsp3) is 0.357. The predicted molar refractivity (Wildman–Crippen MR) is 78.6 cm³/mol. The number of hydrogen-bond donors (Lipinski definition) is 1. The summed E-state index contributed by atoms with van der Waals surface area (Å²) < 4.78 is 3.12. The molecule has 1 aromatic carbocycles. The largest absolute Gasteiger partial charge is 0.322 e. The van der Waals surface area contributed by atoms with Gasteiger partial charge in [-0.1, -0.05) is 23.8 Å². The number of aromatic nitrogens is 2. The standard InChI is InChI=1S/C14H18BrN3/c1-9-5-6-11(10(2)7-9)14-17-12(8-16-3)13(15)18(14)4/h5-7,16H,8H2,1-4H3. The van der Waals surface area contributed by atoms with Crippen LogP contribution >= 0.6 is 15.9 Å². The first-order valence-corrected chi connectivity index (χ1v) is 6.77. The monoisotopic (exact) mass is 307 g/mol. The van der Waals surface area contributed by atoms with Crippen molar-refractivity contribution in [3.05, 3.63) is 39.6 Å². The van der Waals surface area contributed by atoms with E-state index in [0.717, 1.165) is 22.7 Å². The van der Waals surface area contributed by atoms with E-state index in [1.54, 1.807) is 0 Å². The number of benzene rings is 1. The molecule has 0 spiro atoms. The van der Waals surface area contributed by atoms with Gasteiger partial charge in [-0.15, -0.1) is 0 Å². The van der Waals surface area contributed by atoms with Crippen molar-refractivity contribution in [3.8, 4) is 11.4 Å². The summed E-state index contributed by atoms with van der Waals surface area (Å²) >= 11 is 3.60. The van der Waals surface area contributed by atoms with Gasteiger partial charge in [-0.3, -0.25) is 0 Å². The van der Waals surface area contributed by atoms with Gasteiger partial charge >= 0.3 is 0 Å². The maximum absolute atomic E-state index is 4.71. The molecule has 0 aliphatic heterocycles. The molecule has 0 aliphatic carbocycles. The number of aryl methyl sites for hydroxylation is 2. The van der Waals surface area contributed by atoms with Gasteiger partial charge in [-0.25, -0.2) is 4.98 Å². The third kappa shape index (κ3) is 2.35. The molecule has 0 radical (unpaired) electrons. The van der Waals surface area contributed by atoms with Crippen molar-refractivity contribution in [3.63, 3.8) is 0 Å². The quantitative estimate of drug-likeness (QED) is 0.944. The van der Waals surface area contributed by atoms with Crippen molar-refractivity contribution < 1.29 is 0 Å². The summed E-state index contributed by atoms with van der Waals surface area (Å²) in [5, 5.41) is 3.13. The van der Waals surface area contributed by atoms with E-state index in [9.17, 15) is 0 Å². The molecule has 0 saturated heterocycles. The maximum atomic E-state index is 4.71. The van der Waals surface area contributed by atoms with E-state index >= 15 is 0 Å². The van der Waals surface area contributed by atoms with Gasteiger partial charge in [-0.05, 0) is 42.4 Å². The minimum Gasteiger partial charge on any atom is -0.322 e. The van der Waals surface area contributed by atoms with Crippen LogP contribution in [0.15, 0.2) is 22.8 Å². The Labute approximate surface area is 116 Å². The summed E-state index contributed by atoms with van der Waals surface area (Å²) in [6.45, 7) is 5.00. The van der Waals surface area contributed by atoms with Crippen LogP contribution < -0.4 is 5.32 Å². The van der Waals surface area contributed by atoms with E-state index in [1.807, 2.05) is 14.1 Å². The van der Waals surface area contributed by atoms with E-state index in [1.165, 1.54) is 16.7 Å². The Morgan fingerprint density at radius 1 is 1.33 bits per heavy atom. The molecule has 2 aromatic rings. The normalized spacial score (nSPS) is 10.9. The zero-order valence-electron chi connectivity index (χ0n) is 11.2. The van der Waals surface area contributed by atoms with Crippen LogP contribution in [0.25, 0.3) is 11.4 Å². The Morgan fingerprint density at radius 2 is 2.06 bits per heavy atom. The molecule has 1 aromatic heterocycles. The molecule has 1 heterocycles. The molecule has 0 unspecified atom stereocenters. The van der Waals surface area contributed by atoms with Crippen molar-refractivity contribution in [2.45, 2.75) is 20.4 Å². The molecule has 3 nitrogen and oxygen atoms in total. The highest BCUT2D eigenvalue weighted by atomic mass is 79.9. The second kappa shape index (κ2) is 5.24. The zero-order valence-corrected chi connectivity index (χ0v) is 12.8. The molecule has 18 heavy (non-hydrogen) atoms. The number of nitrogens with one attached hydrogen (secondary N) is 1. The lowest BCUT2D eigenvalue weighted by molar-refractivity contribution is 0.788. The van der Waals surface area contributed by atoms with Gasteiger partial charge in [0.25, 0.3) is 0 Å². The molecular formula is C14H18BrN3. The van der Waals surface area contributed by atoms with Crippen LogP contribution in [0.4, 0.5) is 0 Å². The van der Waals surface area contributed by atoms with Crippen molar-refractivity contribution in [1.82, 2.24) is 14.9 Å². The van der Waals surface area contributed by atoms with Gasteiger partial charge in [0.15, 0.2) is 0 Å². The average Bonchev–Trinajstić information content (AvgIpc) is 2.58. The van der Waals surface area contributed by atoms with Gasteiger partial charge in [0, 0.05) is 19.2 Å². The first kappa shape index (κ1) is 13.3. The lowest BCUT2D eigenvalue weighted by Gasteiger charge is -2.07. The Kier molecular flexibility index (Phi) is 3.88. The molecular weight excluding hydrogens is 290 g/mol. The first-order valence-electron chi connectivity index (χ1n) is 5.98. The molecule has 0 saturated carbocycles. The van der Waals surface area contributed by atoms with Crippen molar-refractivity contribution in [1.29, 1.82) is 0 Å². The third-order valence-electron chi connectivity index (χ3n) is 3.06. The van der Waals surface area contributed by atoms with Gasteiger partial charge in [0.05, 0.1) is 5.69 Å². The molecule has 96 valence electrons. The number of hydrogen-bond acceptors (Lipinski definition) is 2. The van der Waals surface area contributed by atoms with E-state index in [-0.39, 0.29) is 0 Å². The van der Waals surface area contributed by atoms with Crippen LogP contribution in [0.2, 0.25) is 0 Å². The van der Waals surface area contributed by atoms with Gasteiger partial charge in [0.2, 0.25) is 0 Å². The summed E-state index contributed by atoms with van der Waals surface area (Å²) in [4.78, 5) is 4.71. The van der Waals surface area contributed by atoms with Gasteiger partial charge < -0.3 is 9.88 Å². The Morgan fingerprint density at radius 3 is 2.67 bits per heavy atom. The molecule has 0 bridgehead atoms. The molecule has 0 fully saturated rings. The Hall–Kier alpha value is -1.13. The van der Waals surface area contributed by atoms with Crippen LogP contribution in [0.5, 0.6) is 0 Å². The van der Waals surface area contributed by atoms with Crippen molar-refractivity contribution >= 4 is 15.9 Å². The maximum Gasteiger partial charge on any atom is 0.141 e. The molecule has 0 atom stereocenters. The number of nitrogens with zero attached hydrogens (tertiary/aromatic N) is 2. The molecule has 0 amide bonds. The highest BCUT2D eigenvalue weighted by Crippen LogP contribution is 2.27. The highest BCUT2D eigenvalue weighted by molar-refractivity contribution is 9.10. The van der Waals surface area contributed by atoms with E-state index in [4.69, 9.17) is 4.98 Å². The van der Waals surface area contributed by atoms with Crippen LogP contribution in [0.1, 0.15) is 16.8 Å². The zero-order chi connectivity index (χ0) is 13.3. The number of halogens is 1. The predicted octanol–water partition coefficient (Wildman–Crippen LogP) is 3.19. The van der Waals surface area contributed by atoms with Crippen molar-refractivity contribution in [2.24, 2.45) is 7.05 Å². The minimum absolute atomic E-state index is 0.763. The van der Waals surface area contributed by atoms with Gasteiger partial charge in [0.1, 0.15) is 10.4 Å². The Balaban J connectivity index is 2.53. The van der Waals surface area contributed by atoms with E-state index < -0.39 is 0 Å². The fourth-order valence-electron chi connectivity index (χ4n) is 2.12. The fourth-order valence-corrected chi connectivity index (χ4v) is 2.52. The summed E-state index contributed by atoms with van der Waals surface area (Å²) in [7, 11) is 3.96. The van der Waals surface area contributed by atoms with Crippen LogP contribution in [0, 0.1) is 13.8 Å². The lowest BCUT2D eigenvalue weighted by Crippen LogP contribution is -2.05. The summed E-state index contributed by atoms with van der Waals surface area (Å²) in [6, 6.07) is 6.46. The Bertz CT molecular complexity index is 573. The second-order valence-corrected chi connectivity index (χ2v) is 5.33. The van der Waals surface area contributed by atoms with Crippen LogP contribution in [-0.4, -0.2) is 16.6 Å². The lowest BCUT2D eigenvalue weighted by atomic mass is 10.1. The number of rotatable bonds is 3. The highest BCUT2D eigenvalue weighted by Gasteiger charge is 2.14. The van der Waals surface area contributed by atoms with Gasteiger partial charge in [-0.2, -0.15) is 0 Å². The van der Waals surface area contributed by atoms with Crippen LogP contribution in [0.3, 0.4) is 0 Å².